The van der Waals surface area contributed by atoms with Gasteiger partial charge in [0, 0.05) is 6.04 Å². The fourth-order valence-corrected chi connectivity index (χ4v) is 2.65. The smallest absolute Gasteiger partial charge is 0.00950 e. The highest BCUT2D eigenvalue weighted by Gasteiger charge is 2.38. The lowest BCUT2D eigenvalue weighted by atomic mass is 10.0. The van der Waals surface area contributed by atoms with Crippen molar-refractivity contribution in [2.45, 2.75) is 38.6 Å². The Morgan fingerprint density at radius 1 is 1.31 bits per heavy atom. The van der Waals surface area contributed by atoms with E-state index in [1.54, 1.807) is 0 Å². The van der Waals surface area contributed by atoms with Gasteiger partial charge in [0.1, 0.15) is 0 Å². The van der Waals surface area contributed by atoms with Crippen LogP contribution < -0.4 is 5.32 Å². The second kappa shape index (κ2) is 5.49. The molecule has 2 rings (SSSR count). The summed E-state index contributed by atoms with van der Waals surface area (Å²) in [6.45, 7) is 2.37. The maximum absolute atomic E-state index is 3.48. The largest absolute Gasteiger partial charge is 0.317 e. The van der Waals surface area contributed by atoms with Gasteiger partial charge in [-0.05, 0) is 50.1 Å². The number of hydrogen-bond acceptors (Lipinski definition) is 1. The number of nitrogens with one attached hydrogen (secondary N) is 1. The van der Waals surface area contributed by atoms with Crippen molar-refractivity contribution in [3.05, 3.63) is 35.9 Å². The van der Waals surface area contributed by atoms with Crippen molar-refractivity contribution in [2.75, 3.05) is 7.05 Å². The molecule has 0 amide bonds. The minimum atomic E-state index is 0.749. The van der Waals surface area contributed by atoms with Crippen LogP contribution in [0, 0.1) is 11.8 Å². The van der Waals surface area contributed by atoms with E-state index in [0.29, 0.717) is 0 Å². The summed E-state index contributed by atoms with van der Waals surface area (Å²) < 4.78 is 0. The molecule has 1 nitrogen and oxygen atoms in total. The zero-order valence-corrected chi connectivity index (χ0v) is 10.4. The summed E-state index contributed by atoms with van der Waals surface area (Å²) >= 11 is 0. The average molecular weight is 217 g/mol. The number of rotatable bonds is 6. The van der Waals surface area contributed by atoms with Crippen LogP contribution in [0.4, 0.5) is 0 Å². The van der Waals surface area contributed by atoms with Crippen LogP contribution in [0.2, 0.25) is 0 Å². The number of hydrogen-bond donors (Lipinski definition) is 1. The van der Waals surface area contributed by atoms with Crippen molar-refractivity contribution in [1.82, 2.24) is 5.32 Å². The summed E-state index contributed by atoms with van der Waals surface area (Å²) in [6.07, 6.45) is 5.27. The van der Waals surface area contributed by atoms with E-state index in [0.717, 1.165) is 17.9 Å². The molecule has 0 bridgehead atoms. The summed E-state index contributed by atoms with van der Waals surface area (Å²) in [5.41, 5.74) is 1.47. The van der Waals surface area contributed by atoms with Crippen LogP contribution >= 0.6 is 0 Å². The first-order valence-electron chi connectivity index (χ1n) is 6.52. The highest BCUT2D eigenvalue weighted by atomic mass is 14.9. The van der Waals surface area contributed by atoms with Crippen LogP contribution in [0.25, 0.3) is 0 Å². The van der Waals surface area contributed by atoms with E-state index >= 15 is 0 Å². The van der Waals surface area contributed by atoms with Gasteiger partial charge >= 0.3 is 0 Å². The molecule has 88 valence electrons. The summed E-state index contributed by atoms with van der Waals surface area (Å²) in [7, 11) is 2.11. The molecule has 1 aliphatic rings. The Bertz CT molecular complexity index is 306. The molecule has 1 aromatic carbocycles. The summed E-state index contributed by atoms with van der Waals surface area (Å²) in [6, 6.07) is 11.6. The Labute approximate surface area is 99.3 Å². The Morgan fingerprint density at radius 3 is 2.56 bits per heavy atom. The van der Waals surface area contributed by atoms with E-state index < -0.39 is 0 Å². The van der Waals surface area contributed by atoms with E-state index in [4.69, 9.17) is 0 Å². The normalized spacial score (nSPS) is 25.4. The molecule has 0 saturated heterocycles. The van der Waals surface area contributed by atoms with Gasteiger partial charge in [0.2, 0.25) is 0 Å². The van der Waals surface area contributed by atoms with Crippen LogP contribution in [0.5, 0.6) is 0 Å². The van der Waals surface area contributed by atoms with Gasteiger partial charge in [-0.25, -0.2) is 0 Å². The van der Waals surface area contributed by atoms with Crippen LogP contribution in [-0.4, -0.2) is 13.1 Å². The van der Waals surface area contributed by atoms with Crippen LogP contribution in [0.15, 0.2) is 30.3 Å². The van der Waals surface area contributed by atoms with E-state index in [1.165, 1.54) is 31.2 Å². The van der Waals surface area contributed by atoms with Gasteiger partial charge in [-0.2, -0.15) is 0 Å². The average Bonchev–Trinajstić information content (AvgIpc) is 3.03. The molecule has 0 spiro atoms. The van der Waals surface area contributed by atoms with Crippen molar-refractivity contribution < 1.29 is 0 Å². The zero-order valence-electron chi connectivity index (χ0n) is 10.4. The number of benzene rings is 1. The molecular formula is C15H23N. The van der Waals surface area contributed by atoms with Crippen molar-refractivity contribution in [3.63, 3.8) is 0 Å². The molecule has 1 saturated carbocycles. The molecule has 1 aromatic rings. The topological polar surface area (TPSA) is 12.0 Å². The van der Waals surface area contributed by atoms with Gasteiger partial charge < -0.3 is 5.32 Å². The van der Waals surface area contributed by atoms with Gasteiger partial charge in [-0.3, -0.25) is 0 Å². The molecule has 16 heavy (non-hydrogen) atoms. The predicted molar refractivity (Wildman–Crippen MR) is 69.5 cm³/mol. The maximum Gasteiger partial charge on any atom is 0.00950 e. The fourth-order valence-electron chi connectivity index (χ4n) is 2.65. The van der Waals surface area contributed by atoms with Gasteiger partial charge in [0.15, 0.2) is 0 Å². The third kappa shape index (κ3) is 3.08. The summed E-state index contributed by atoms with van der Waals surface area (Å²) in [5.74, 6) is 1.90. The van der Waals surface area contributed by atoms with Gasteiger partial charge in [0.05, 0.1) is 0 Å². The molecule has 0 aromatic heterocycles. The third-order valence-electron chi connectivity index (χ3n) is 3.88. The van der Waals surface area contributed by atoms with E-state index in [-0.39, 0.29) is 0 Å². The summed E-state index contributed by atoms with van der Waals surface area (Å²) in [4.78, 5) is 0. The molecule has 3 unspecified atom stereocenters. The molecular weight excluding hydrogens is 194 g/mol. The lowest BCUT2D eigenvalue weighted by Gasteiger charge is -2.15. The Hall–Kier alpha value is -0.820. The van der Waals surface area contributed by atoms with Crippen LogP contribution in [-0.2, 0) is 6.42 Å². The van der Waals surface area contributed by atoms with Crippen molar-refractivity contribution in [2.24, 2.45) is 11.8 Å². The fraction of sp³-hybridized carbons (Fsp3) is 0.600. The first kappa shape index (κ1) is 11.7. The van der Waals surface area contributed by atoms with Crippen LogP contribution in [0.3, 0.4) is 0 Å². The second-order valence-corrected chi connectivity index (χ2v) is 5.15. The molecule has 0 aliphatic heterocycles. The van der Waals surface area contributed by atoms with Crippen molar-refractivity contribution >= 4 is 0 Å². The first-order valence-corrected chi connectivity index (χ1v) is 6.52. The molecule has 0 radical (unpaired) electrons. The zero-order chi connectivity index (χ0) is 11.4. The first-order chi connectivity index (χ1) is 7.81. The third-order valence-corrected chi connectivity index (χ3v) is 3.88. The molecule has 1 aliphatic carbocycles. The lowest BCUT2D eigenvalue weighted by Crippen LogP contribution is -2.28. The quantitative estimate of drug-likeness (QED) is 0.771. The standard InChI is InChI=1S/C15H23N/c1-12-11-14(12)15(16-2)10-6-9-13-7-4-3-5-8-13/h3-5,7-8,12,14-16H,6,9-11H2,1-2H3. The Morgan fingerprint density at radius 2 is 2.00 bits per heavy atom. The highest BCUT2D eigenvalue weighted by Crippen LogP contribution is 2.41. The lowest BCUT2D eigenvalue weighted by molar-refractivity contribution is 0.440. The van der Waals surface area contributed by atoms with E-state index in [2.05, 4.69) is 49.6 Å². The minimum Gasteiger partial charge on any atom is -0.317 e. The number of aryl methyl sites for hydroxylation is 1. The highest BCUT2D eigenvalue weighted by molar-refractivity contribution is 5.14. The molecule has 1 fully saturated rings. The molecule has 1 N–H and O–H groups in total. The van der Waals surface area contributed by atoms with Gasteiger partial charge in [0.25, 0.3) is 0 Å². The maximum atomic E-state index is 3.48. The predicted octanol–water partition coefficient (Wildman–Crippen LogP) is 3.25. The Kier molecular flexibility index (Phi) is 4.00. The van der Waals surface area contributed by atoms with Crippen molar-refractivity contribution in [1.29, 1.82) is 0 Å². The summed E-state index contributed by atoms with van der Waals surface area (Å²) in [5, 5.41) is 3.48. The molecule has 0 heterocycles. The minimum absolute atomic E-state index is 0.749. The molecule has 1 heteroatoms. The Balaban J connectivity index is 1.71. The van der Waals surface area contributed by atoms with Gasteiger partial charge in [-0.15, -0.1) is 0 Å². The SMILES string of the molecule is CNC(CCCc1ccccc1)C1CC1C. The van der Waals surface area contributed by atoms with E-state index in [9.17, 15) is 0 Å². The van der Waals surface area contributed by atoms with Gasteiger partial charge in [-0.1, -0.05) is 37.3 Å². The second-order valence-electron chi connectivity index (χ2n) is 5.15. The van der Waals surface area contributed by atoms with Crippen LogP contribution in [0.1, 0.15) is 31.7 Å². The van der Waals surface area contributed by atoms with Crippen molar-refractivity contribution in [3.8, 4) is 0 Å². The molecule has 3 atom stereocenters. The monoisotopic (exact) mass is 217 g/mol. The van der Waals surface area contributed by atoms with E-state index in [1.807, 2.05) is 0 Å².